The van der Waals surface area contributed by atoms with E-state index in [2.05, 4.69) is 64.5 Å². The highest BCUT2D eigenvalue weighted by Crippen LogP contribution is 2.54. The van der Waals surface area contributed by atoms with Crippen LogP contribution >= 0.6 is 11.6 Å². The lowest BCUT2D eigenvalue weighted by Gasteiger charge is -2.37. The number of nitrogens with one attached hydrogen (secondary N) is 2. The largest absolute Gasteiger partial charge is 0.381 e. The molecule has 0 unspecified atom stereocenters. The summed E-state index contributed by atoms with van der Waals surface area (Å²) in [5.74, 6) is 4.00. The number of carbonyl (C=O) groups is 1. The third kappa shape index (κ3) is 6.34. The average Bonchev–Trinajstić information content (AvgIpc) is 3.36. The predicted octanol–water partition coefficient (Wildman–Crippen LogP) is 6.58. The molecule has 0 aromatic heterocycles. The Balaban J connectivity index is 1.48. The molecule has 4 heterocycles. The summed E-state index contributed by atoms with van der Waals surface area (Å²) in [5, 5.41) is 6.48. The van der Waals surface area contributed by atoms with Gasteiger partial charge in [-0.2, -0.15) is 0 Å². The summed E-state index contributed by atoms with van der Waals surface area (Å²) in [6.07, 6.45) is 6.03. The Hall–Kier alpha value is -4.10. The lowest BCUT2D eigenvalue weighted by molar-refractivity contribution is 0.0636. The number of carbonyl (C=O) groups excluding carboxylic acids is 3. The molecule has 2 fully saturated rings. The van der Waals surface area contributed by atoms with Crippen molar-refractivity contribution in [1.29, 1.82) is 0 Å². The van der Waals surface area contributed by atoms with E-state index in [4.69, 9.17) is 21.1 Å². The summed E-state index contributed by atoms with van der Waals surface area (Å²) in [5.41, 5.74) is 8.81. The maximum absolute atomic E-state index is 14.3. The van der Waals surface area contributed by atoms with Crippen molar-refractivity contribution in [3.8, 4) is 11.1 Å². The molecule has 0 atom stereocenters. The maximum atomic E-state index is 14.3. The summed E-state index contributed by atoms with van der Waals surface area (Å²) in [7, 11) is 0. The van der Waals surface area contributed by atoms with Crippen LogP contribution in [-0.4, -0.2) is 69.9 Å². The Kier molecular flexibility index (Phi) is 10.7. The van der Waals surface area contributed by atoms with Gasteiger partial charge in [-0.15, -0.1) is 0 Å². The van der Waals surface area contributed by atoms with Crippen molar-refractivity contribution in [3.63, 3.8) is 0 Å². The van der Waals surface area contributed by atoms with E-state index in [9.17, 15) is 14.4 Å². The third-order valence-corrected chi connectivity index (χ3v) is 11.2. The smallest absolute Gasteiger partial charge is 0.253 e. The van der Waals surface area contributed by atoms with Crippen LogP contribution in [0.4, 0.5) is 11.4 Å². The Bertz CT molecular complexity index is 1840. The van der Waals surface area contributed by atoms with E-state index in [0.717, 1.165) is 83.5 Å². The van der Waals surface area contributed by atoms with Gasteiger partial charge in [-0.1, -0.05) is 30.7 Å². The fourth-order valence-electron chi connectivity index (χ4n) is 8.29. The van der Waals surface area contributed by atoms with E-state index < -0.39 is 5.41 Å². The van der Waals surface area contributed by atoms with Gasteiger partial charge in [-0.3, -0.25) is 4.79 Å². The Labute approximate surface area is 300 Å². The molecule has 2 aromatic rings. The summed E-state index contributed by atoms with van der Waals surface area (Å²) in [6, 6.07) is 8.69. The fraction of sp³-hybridized carbons (Fsp3) is 0.475. The van der Waals surface area contributed by atoms with Crippen molar-refractivity contribution < 1.29 is 23.9 Å². The molecule has 2 saturated heterocycles. The molecule has 0 bridgehead atoms. The first kappa shape index (κ1) is 35.7. The quantitative estimate of drug-likeness (QED) is 0.284. The number of hydrogen-bond acceptors (Lipinski definition) is 8. The Morgan fingerprint density at radius 3 is 2.44 bits per heavy atom. The van der Waals surface area contributed by atoms with Crippen LogP contribution in [0.2, 0.25) is 5.02 Å². The molecule has 0 saturated carbocycles. The zero-order valence-corrected chi connectivity index (χ0v) is 30.5. The van der Waals surface area contributed by atoms with Gasteiger partial charge in [0.05, 0.1) is 16.0 Å². The third-order valence-electron chi connectivity index (χ3n) is 10.8. The van der Waals surface area contributed by atoms with Gasteiger partial charge < -0.3 is 29.9 Å². The van der Waals surface area contributed by atoms with Gasteiger partial charge in [-0.05, 0) is 100 Å². The van der Waals surface area contributed by atoms with Crippen LogP contribution < -0.4 is 20.4 Å². The fourth-order valence-corrected chi connectivity index (χ4v) is 8.69. The van der Waals surface area contributed by atoms with Gasteiger partial charge in [0, 0.05) is 80.3 Å². The molecule has 50 heavy (non-hydrogen) atoms. The van der Waals surface area contributed by atoms with Crippen LogP contribution in [-0.2, 0) is 24.5 Å². The summed E-state index contributed by atoms with van der Waals surface area (Å²) >= 11 is 7.32. The van der Waals surface area contributed by atoms with E-state index in [-0.39, 0.29) is 18.5 Å². The molecule has 0 radical (unpaired) electrons. The van der Waals surface area contributed by atoms with E-state index in [0.29, 0.717) is 60.5 Å². The first-order valence-electron chi connectivity index (χ1n) is 17.8. The standard InChI is InChI=1S/C40H47ClN4O5/c1-6-14-45-35-20-28(8-9-32(35)40(36(45)24-47)12-17-50-18-13-40)30-21-34(44(7-2)29-10-15-49-16-11-29)27(5)37(38(30)41)39(48)42-22-31-25(3)19-26(4)43-33(31)23-46/h8-9,19-21,29,43H,6-7,10-18,22H2,1-5H3,(H,42,48). The molecule has 1 spiro atoms. The van der Waals surface area contributed by atoms with Crippen LogP contribution in [0.5, 0.6) is 0 Å². The van der Waals surface area contributed by atoms with Crippen molar-refractivity contribution in [2.45, 2.75) is 78.2 Å². The number of anilines is 2. The van der Waals surface area contributed by atoms with Crippen molar-refractivity contribution >= 4 is 40.8 Å². The van der Waals surface area contributed by atoms with Gasteiger partial charge in [0.15, 0.2) is 5.94 Å². The van der Waals surface area contributed by atoms with Crippen LogP contribution in [0, 0.1) is 6.92 Å². The SMILES string of the molecule is CCCN1C(=C=O)C2(CCOCC2)c2ccc(-c3cc(N(CC)C4CCOCC4)c(C)c(C(=O)NCC4=C(C)C=C(C)NC4=C=O)c3Cl)cc21. The molecule has 2 N–H and O–H groups in total. The molecule has 2 aromatic carbocycles. The van der Waals surface area contributed by atoms with Gasteiger partial charge >= 0.3 is 0 Å². The van der Waals surface area contributed by atoms with E-state index in [1.807, 2.05) is 32.8 Å². The number of hydrogen-bond donors (Lipinski definition) is 2. The highest BCUT2D eigenvalue weighted by molar-refractivity contribution is 6.37. The molecule has 1 amide bonds. The minimum atomic E-state index is -0.429. The number of rotatable bonds is 9. The van der Waals surface area contributed by atoms with Crippen LogP contribution in [0.25, 0.3) is 11.1 Å². The van der Waals surface area contributed by atoms with Crippen molar-refractivity contribution in [2.24, 2.45) is 0 Å². The molecule has 4 aliphatic rings. The van der Waals surface area contributed by atoms with Gasteiger partial charge in [0.25, 0.3) is 5.91 Å². The molecule has 0 aliphatic carbocycles. The van der Waals surface area contributed by atoms with Crippen molar-refractivity contribution in [1.82, 2.24) is 10.6 Å². The molecular weight excluding hydrogens is 652 g/mol. The summed E-state index contributed by atoms with van der Waals surface area (Å²) in [4.78, 5) is 43.2. The Morgan fingerprint density at radius 1 is 1.06 bits per heavy atom. The normalized spacial score (nSPS) is 18.8. The van der Waals surface area contributed by atoms with E-state index in [1.165, 1.54) is 0 Å². The van der Waals surface area contributed by atoms with Gasteiger partial charge in [-0.25, -0.2) is 9.59 Å². The second kappa shape index (κ2) is 15.0. The monoisotopic (exact) mass is 698 g/mol. The molecule has 10 heteroatoms. The molecule has 9 nitrogen and oxygen atoms in total. The van der Waals surface area contributed by atoms with Crippen molar-refractivity contribution in [3.05, 3.63) is 80.3 Å². The van der Waals surface area contributed by atoms with Crippen LogP contribution in [0.1, 0.15) is 81.3 Å². The molecular formula is C40H47ClN4O5. The number of fused-ring (bicyclic) bond motifs is 2. The maximum Gasteiger partial charge on any atom is 0.253 e. The minimum absolute atomic E-state index is 0.135. The number of benzene rings is 2. The number of nitrogens with zero attached hydrogens (tertiary/aromatic N) is 2. The second-order valence-electron chi connectivity index (χ2n) is 13.7. The second-order valence-corrected chi connectivity index (χ2v) is 14.1. The zero-order chi connectivity index (χ0) is 35.6. The number of allylic oxidation sites excluding steroid dienone is 4. The molecule has 4 aliphatic heterocycles. The Morgan fingerprint density at radius 2 is 1.78 bits per heavy atom. The highest BCUT2D eigenvalue weighted by Gasteiger charge is 2.49. The number of amides is 1. The number of halogens is 1. The lowest BCUT2D eigenvalue weighted by atomic mass is 9.73. The summed E-state index contributed by atoms with van der Waals surface area (Å²) in [6.45, 7) is 14.1. The minimum Gasteiger partial charge on any atom is -0.381 e. The number of dihydropyridines is 1. The molecule has 6 rings (SSSR count). The van der Waals surface area contributed by atoms with Gasteiger partial charge in [0.1, 0.15) is 17.3 Å². The first-order valence-corrected chi connectivity index (χ1v) is 18.2. The van der Waals surface area contributed by atoms with Gasteiger partial charge in [0.2, 0.25) is 0 Å². The highest BCUT2D eigenvalue weighted by atomic mass is 35.5. The molecule has 264 valence electrons. The topological polar surface area (TPSA) is 100 Å². The number of ether oxygens (including phenoxy) is 2. The first-order chi connectivity index (χ1) is 24.2. The predicted molar refractivity (Wildman–Crippen MR) is 198 cm³/mol. The zero-order valence-electron chi connectivity index (χ0n) is 29.8. The van der Waals surface area contributed by atoms with E-state index >= 15 is 0 Å². The average molecular weight is 699 g/mol. The summed E-state index contributed by atoms with van der Waals surface area (Å²) < 4.78 is 11.4. The lowest BCUT2D eigenvalue weighted by Crippen LogP contribution is -2.40. The van der Waals surface area contributed by atoms with E-state index in [1.54, 1.807) is 0 Å². The van der Waals surface area contributed by atoms with Crippen LogP contribution in [0.15, 0.2) is 58.6 Å². The van der Waals surface area contributed by atoms with Crippen LogP contribution in [0.3, 0.4) is 0 Å². The van der Waals surface area contributed by atoms with Crippen molar-refractivity contribution in [2.75, 3.05) is 55.9 Å².